The molecule has 1 aromatic heterocycles. The lowest BCUT2D eigenvalue weighted by molar-refractivity contribution is 0.102. The van der Waals surface area contributed by atoms with Crippen molar-refractivity contribution < 1.29 is 9.53 Å². The number of anilines is 1. The molecule has 0 saturated heterocycles. The molecule has 4 aromatic rings. The van der Waals surface area contributed by atoms with Gasteiger partial charge in [0.25, 0.3) is 5.91 Å². The Morgan fingerprint density at radius 1 is 1.03 bits per heavy atom. The summed E-state index contributed by atoms with van der Waals surface area (Å²) in [7, 11) is 0. The summed E-state index contributed by atoms with van der Waals surface area (Å²) in [5, 5.41) is 12.3. The van der Waals surface area contributed by atoms with Crippen LogP contribution in [0.5, 0.6) is 5.75 Å². The Labute approximate surface area is 202 Å². The molecule has 0 aliphatic heterocycles. The van der Waals surface area contributed by atoms with Crippen LogP contribution in [0.1, 0.15) is 48.2 Å². The van der Waals surface area contributed by atoms with Gasteiger partial charge in [0.05, 0.1) is 16.8 Å². The second-order valence-corrected chi connectivity index (χ2v) is 8.80. The molecule has 7 heteroatoms. The quantitative estimate of drug-likeness (QED) is 0.296. The molecule has 1 N–H and O–H groups in total. The predicted octanol–water partition coefficient (Wildman–Crippen LogP) is 6.49. The maximum atomic E-state index is 12.8. The number of nitrogens with zero attached hydrogens (tertiary/aromatic N) is 3. The van der Waals surface area contributed by atoms with Gasteiger partial charge in [0, 0.05) is 11.3 Å². The number of benzene rings is 3. The standard InChI is InChI=1S/C26H27BrN4O2/c1-4-6-7-18-8-11-20(12-9-18)31-29-23-14-17(3)22(16-24(23)30-31)28-26(32)19-10-13-25(33-5-2)21(27)15-19/h8-16H,4-7H2,1-3H3,(H,28,32). The van der Waals surface area contributed by atoms with Crippen LogP contribution in [0.15, 0.2) is 59.1 Å². The zero-order valence-corrected chi connectivity index (χ0v) is 20.6. The van der Waals surface area contributed by atoms with Gasteiger partial charge >= 0.3 is 0 Å². The fraction of sp³-hybridized carbons (Fsp3) is 0.269. The SMILES string of the molecule is CCCCc1ccc(-n2nc3cc(C)c(NC(=O)c4ccc(OCC)c(Br)c4)cc3n2)cc1. The summed E-state index contributed by atoms with van der Waals surface area (Å²) in [6, 6.07) is 17.5. The Morgan fingerprint density at radius 2 is 1.76 bits per heavy atom. The molecule has 4 rings (SSSR count). The average molecular weight is 507 g/mol. The Morgan fingerprint density at radius 3 is 2.42 bits per heavy atom. The lowest BCUT2D eigenvalue weighted by Gasteiger charge is -2.10. The van der Waals surface area contributed by atoms with Gasteiger partial charge in [-0.25, -0.2) is 0 Å². The topological polar surface area (TPSA) is 69.0 Å². The maximum Gasteiger partial charge on any atom is 0.255 e. The van der Waals surface area contributed by atoms with E-state index in [0.29, 0.717) is 23.6 Å². The summed E-state index contributed by atoms with van der Waals surface area (Å²) < 4.78 is 6.27. The van der Waals surface area contributed by atoms with Gasteiger partial charge in [-0.3, -0.25) is 4.79 Å². The fourth-order valence-electron chi connectivity index (χ4n) is 3.60. The van der Waals surface area contributed by atoms with Crippen LogP contribution in [0.2, 0.25) is 0 Å². The van der Waals surface area contributed by atoms with Gasteiger partial charge < -0.3 is 10.1 Å². The number of ether oxygens (including phenoxy) is 1. The monoisotopic (exact) mass is 506 g/mol. The van der Waals surface area contributed by atoms with Crippen LogP contribution in [0.3, 0.4) is 0 Å². The van der Waals surface area contributed by atoms with Crippen molar-refractivity contribution in [1.29, 1.82) is 0 Å². The summed E-state index contributed by atoms with van der Waals surface area (Å²) in [6.45, 7) is 6.63. The third kappa shape index (κ3) is 5.25. The van der Waals surface area contributed by atoms with E-state index in [0.717, 1.165) is 33.2 Å². The van der Waals surface area contributed by atoms with Crippen LogP contribution in [-0.2, 0) is 6.42 Å². The molecule has 0 bridgehead atoms. The Balaban J connectivity index is 1.55. The summed E-state index contributed by atoms with van der Waals surface area (Å²) >= 11 is 3.46. The molecule has 6 nitrogen and oxygen atoms in total. The minimum atomic E-state index is -0.198. The van der Waals surface area contributed by atoms with Crippen molar-refractivity contribution in [2.45, 2.75) is 40.0 Å². The molecule has 0 unspecified atom stereocenters. The van der Waals surface area contributed by atoms with Crippen molar-refractivity contribution in [1.82, 2.24) is 15.0 Å². The van der Waals surface area contributed by atoms with Crippen molar-refractivity contribution in [2.75, 3.05) is 11.9 Å². The van der Waals surface area contributed by atoms with Gasteiger partial charge in [-0.05, 0) is 96.2 Å². The molecule has 3 aromatic carbocycles. The molecule has 0 radical (unpaired) electrons. The zero-order valence-electron chi connectivity index (χ0n) is 19.1. The largest absolute Gasteiger partial charge is 0.493 e. The van der Waals surface area contributed by atoms with Crippen LogP contribution in [0, 0.1) is 6.92 Å². The summed E-state index contributed by atoms with van der Waals surface area (Å²) in [5.74, 6) is 0.512. The first-order chi connectivity index (χ1) is 16.0. The van der Waals surface area contributed by atoms with E-state index in [2.05, 4.69) is 50.5 Å². The third-order valence-corrected chi connectivity index (χ3v) is 6.07. The van der Waals surface area contributed by atoms with E-state index in [-0.39, 0.29) is 5.91 Å². The Bertz CT molecular complexity index is 1280. The lowest BCUT2D eigenvalue weighted by Crippen LogP contribution is -2.13. The summed E-state index contributed by atoms with van der Waals surface area (Å²) in [6.07, 6.45) is 3.45. The van der Waals surface area contributed by atoms with Gasteiger partial charge in [-0.1, -0.05) is 25.5 Å². The fourth-order valence-corrected chi connectivity index (χ4v) is 4.10. The molecule has 0 fully saturated rings. The first kappa shape index (κ1) is 23.0. The smallest absolute Gasteiger partial charge is 0.255 e. The van der Waals surface area contributed by atoms with E-state index in [1.165, 1.54) is 18.4 Å². The van der Waals surface area contributed by atoms with Gasteiger partial charge in [-0.15, -0.1) is 10.2 Å². The second kappa shape index (κ2) is 10.2. The van der Waals surface area contributed by atoms with Gasteiger partial charge in [0.15, 0.2) is 0 Å². The molecule has 0 spiro atoms. The summed E-state index contributed by atoms with van der Waals surface area (Å²) in [4.78, 5) is 14.5. The van der Waals surface area contributed by atoms with Gasteiger partial charge in [0.2, 0.25) is 0 Å². The number of rotatable bonds is 8. The number of halogens is 1. The number of aromatic nitrogens is 3. The molecule has 0 aliphatic rings. The number of unbranched alkanes of at least 4 members (excludes halogenated alkanes) is 1. The normalized spacial score (nSPS) is 11.0. The summed E-state index contributed by atoms with van der Waals surface area (Å²) in [5.41, 5.74) is 5.90. The van der Waals surface area contributed by atoms with Crippen LogP contribution in [0.25, 0.3) is 16.7 Å². The minimum Gasteiger partial charge on any atom is -0.493 e. The maximum absolute atomic E-state index is 12.8. The number of hydrogen-bond donors (Lipinski definition) is 1. The highest BCUT2D eigenvalue weighted by Crippen LogP contribution is 2.27. The minimum absolute atomic E-state index is 0.198. The molecule has 0 aliphatic carbocycles. The zero-order chi connectivity index (χ0) is 23.4. The molecule has 1 heterocycles. The van der Waals surface area contributed by atoms with Crippen molar-refractivity contribution in [3.05, 3.63) is 75.8 Å². The van der Waals surface area contributed by atoms with E-state index in [9.17, 15) is 4.79 Å². The molecule has 33 heavy (non-hydrogen) atoms. The molecule has 170 valence electrons. The van der Waals surface area contributed by atoms with Crippen molar-refractivity contribution in [2.24, 2.45) is 0 Å². The number of nitrogens with one attached hydrogen (secondary N) is 1. The number of fused-ring (bicyclic) bond motifs is 1. The number of amides is 1. The van der Waals surface area contributed by atoms with Crippen molar-refractivity contribution in [3.63, 3.8) is 0 Å². The number of carbonyl (C=O) groups is 1. The van der Waals surface area contributed by atoms with Crippen LogP contribution in [0.4, 0.5) is 5.69 Å². The molecule has 0 atom stereocenters. The highest BCUT2D eigenvalue weighted by Gasteiger charge is 2.13. The number of carbonyl (C=O) groups excluding carboxylic acids is 1. The van der Waals surface area contributed by atoms with Crippen molar-refractivity contribution in [3.8, 4) is 11.4 Å². The number of aryl methyl sites for hydroxylation is 2. The Kier molecular flexibility index (Phi) is 7.08. The van der Waals surface area contributed by atoms with Crippen LogP contribution in [-0.4, -0.2) is 27.5 Å². The molecular weight excluding hydrogens is 480 g/mol. The van der Waals surface area contributed by atoms with Crippen LogP contribution >= 0.6 is 15.9 Å². The highest BCUT2D eigenvalue weighted by atomic mass is 79.9. The van der Waals surface area contributed by atoms with E-state index in [1.54, 1.807) is 23.0 Å². The average Bonchev–Trinajstić information content (AvgIpc) is 3.22. The molecule has 1 amide bonds. The van der Waals surface area contributed by atoms with E-state index in [1.807, 2.05) is 38.1 Å². The van der Waals surface area contributed by atoms with Gasteiger partial charge in [-0.2, -0.15) is 4.80 Å². The second-order valence-electron chi connectivity index (χ2n) is 7.95. The van der Waals surface area contributed by atoms with E-state index < -0.39 is 0 Å². The third-order valence-electron chi connectivity index (χ3n) is 5.45. The highest BCUT2D eigenvalue weighted by molar-refractivity contribution is 9.10. The van der Waals surface area contributed by atoms with Gasteiger partial charge in [0.1, 0.15) is 16.8 Å². The van der Waals surface area contributed by atoms with E-state index >= 15 is 0 Å². The molecule has 0 saturated carbocycles. The molecular formula is C26H27BrN4O2. The van der Waals surface area contributed by atoms with E-state index in [4.69, 9.17) is 4.74 Å². The Hall–Kier alpha value is -3.19. The first-order valence-electron chi connectivity index (χ1n) is 11.2. The van der Waals surface area contributed by atoms with Crippen LogP contribution < -0.4 is 10.1 Å². The lowest BCUT2D eigenvalue weighted by atomic mass is 10.1. The van der Waals surface area contributed by atoms with Crippen molar-refractivity contribution >= 4 is 38.6 Å². The first-order valence-corrected chi connectivity index (χ1v) is 12.0. The number of hydrogen-bond acceptors (Lipinski definition) is 4. The predicted molar refractivity (Wildman–Crippen MR) is 135 cm³/mol.